The number of sulfonamides is 1. The number of rotatable bonds is 6. The van der Waals surface area contributed by atoms with Crippen molar-refractivity contribution in [2.75, 3.05) is 19.7 Å². The van der Waals surface area contributed by atoms with Crippen molar-refractivity contribution in [3.8, 4) is 17.1 Å². The number of hydrogen-bond donors (Lipinski definition) is 0. The normalized spacial score (nSPS) is 15.6. The Bertz CT molecular complexity index is 1170. The summed E-state index contributed by atoms with van der Waals surface area (Å²) in [5, 5.41) is 3.75. The molecule has 7 nitrogen and oxygen atoms in total. The van der Waals surface area contributed by atoms with Gasteiger partial charge in [0.1, 0.15) is 5.75 Å². The molecule has 1 aromatic heterocycles. The highest BCUT2D eigenvalue weighted by molar-refractivity contribution is 7.89. The van der Waals surface area contributed by atoms with Crippen LogP contribution in [0.4, 0.5) is 13.2 Å². The molecule has 1 aliphatic rings. The van der Waals surface area contributed by atoms with E-state index in [1.807, 2.05) is 6.92 Å². The van der Waals surface area contributed by atoms with Crippen LogP contribution >= 0.6 is 0 Å². The minimum absolute atomic E-state index is 0.0221. The van der Waals surface area contributed by atoms with Crippen LogP contribution in [-0.4, -0.2) is 42.6 Å². The quantitative estimate of drug-likeness (QED) is 0.562. The van der Waals surface area contributed by atoms with Crippen LogP contribution in [0.5, 0.6) is 5.75 Å². The second kappa shape index (κ2) is 7.97. The van der Waals surface area contributed by atoms with Gasteiger partial charge in [0.05, 0.1) is 23.0 Å². The summed E-state index contributed by atoms with van der Waals surface area (Å²) in [4.78, 5) is 4.31. The van der Waals surface area contributed by atoms with Crippen LogP contribution in [0.15, 0.2) is 57.9 Å². The van der Waals surface area contributed by atoms with Gasteiger partial charge in [0.15, 0.2) is 0 Å². The fourth-order valence-electron chi connectivity index (χ4n) is 3.17. The van der Waals surface area contributed by atoms with Gasteiger partial charge in [-0.3, -0.25) is 0 Å². The van der Waals surface area contributed by atoms with E-state index in [0.29, 0.717) is 12.4 Å². The zero-order chi connectivity index (χ0) is 22.2. The van der Waals surface area contributed by atoms with Crippen LogP contribution < -0.4 is 4.74 Å². The second-order valence-electron chi connectivity index (χ2n) is 6.96. The number of alkyl halides is 3. The van der Waals surface area contributed by atoms with Crippen LogP contribution in [0.2, 0.25) is 0 Å². The Hall–Kier alpha value is -2.92. The third-order valence-electron chi connectivity index (χ3n) is 4.86. The zero-order valence-corrected chi connectivity index (χ0v) is 17.2. The Balaban J connectivity index is 1.45. The van der Waals surface area contributed by atoms with Crippen molar-refractivity contribution in [2.24, 2.45) is 0 Å². The van der Waals surface area contributed by atoms with Gasteiger partial charge in [-0.15, -0.1) is 0 Å². The topological polar surface area (TPSA) is 85.5 Å². The molecule has 4 rings (SSSR count). The molecule has 0 radical (unpaired) electrons. The minimum atomic E-state index is -4.48. The van der Waals surface area contributed by atoms with E-state index in [1.165, 1.54) is 28.6 Å². The lowest BCUT2D eigenvalue weighted by molar-refractivity contribution is -0.137. The highest BCUT2D eigenvalue weighted by atomic mass is 32.2. The second-order valence-corrected chi connectivity index (χ2v) is 8.90. The van der Waals surface area contributed by atoms with Gasteiger partial charge >= 0.3 is 6.18 Å². The number of nitrogens with zero attached hydrogens (tertiary/aromatic N) is 3. The number of benzene rings is 2. The Morgan fingerprint density at radius 1 is 1.16 bits per heavy atom. The van der Waals surface area contributed by atoms with Gasteiger partial charge in [0.25, 0.3) is 0 Å². The molecule has 1 fully saturated rings. The summed E-state index contributed by atoms with van der Waals surface area (Å²) in [7, 11) is -3.68. The van der Waals surface area contributed by atoms with Crippen molar-refractivity contribution in [1.29, 1.82) is 0 Å². The third-order valence-corrected chi connectivity index (χ3v) is 6.71. The van der Waals surface area contributed by atoms with Crippen LogP contribution in [-0.2, 0) is 16.2 Å². The zero-order valence-electron chi connectivity index (χ0n) is 16.3. The summed E-state index contributed by atoms with van der Waals surface area (Å²) in [6.07, 6.45) is -4.48. The van der Waals surface area contributed by atoms with Crippen LogP contribution in [0.3, 0.4) is 0 Å². The molecule has 0 aliphatic carbocycles. The summed E-state index contributed by atoms with van der Waals surface area (Å²) in [5.74, 6) is 0.458. The Kier molecular flexibility index (Phi) is 5.48. The molecule has 11 heteroatoms. The van der Waals surface area contributed by atoms with Gasteiger partial charge in [-0.05, 0) is 43.3 Å². The van der Waals surface area contributed by atoms with Crippen LogP contribution in [0, 0.1) is 0 Å². The van der Waals surface area contributed by atoms with Gasteiger partial charge in [0, 0.05) is 18.7 Å². The SMILES string of the molecule is CCOc1ccc(S(=O)(=O)N2CC(c3nc(-c4cccc(C(F)(F)F)c4)no3)C2)cc1. The molecular formula is C20H18F3N3O4S. The molecule has 164 valence electrons. The lowest BCUT2D eigenvalue weighted by Gasteiger charge is -2.35. The Morgan fingerprint density at radius 3 is 2.52 bits per heavy atom. The summed E-state index contributed by atoms with van der Waals surface area (Å²) < 4.78 is 75.9. The fraction of sp³-hybridized carbons (Fsp3) is 0.300. The number of ether oxygens (including phenoxy) is 1. The van der Waals surface area contributed by atoms with Gasteiger partial charge in [-0.1, -0.05) is 17.3 Å². The average molecular weight is 453 g/mol. The maximum Gasteiger partial charge on any atom is 0.416 e. The number of halogens is 3. The molecule has 3 aromatic rings. The molecule has 1 aliphatic heterocycles. The van der Waals surface area contributed by atoms with Crippen molar-refractivity contribution >= 4 is 10.0 Å². The van der Waals surface area contributed by atoms with Crippen molar-refractivity contribution in [1.82, 2.24) is 14.4 Å². The first-order valence-corrected chi connectivity index (χ1v) is 10.9. The van der Waals surface area contributed by atoms with E-state index >= 15 is 0 Å². The van der Waals surface area contributed by atoms with E-state index in [-0.39, 0.29) is 41.2 Å². The highest BCUT2D eigenvalue weighted by Gasteiger charge is 2.40. The molecule has 0 unspecified atom stereocenters. The fourth-order valence-corrected chi connectivity index (χ4v) is 4.70. The molecule has 0 amide bonds. The Morgan fingerprint density at radius 2 is 1.87 bits per heavy atom. The molecule has 2 aromatic carbocycles. The van der Waals surface area contributed by atoms with Crippen molar-refractivity contribution in [3.05, 3.63) is 60.0 Å². The number of hydrogen-bond acceptors (Lipinski definition) is 6. The summed E-state index contributed by atoms with van der Waals surface area (Å²) in [5.41, 5.74) is -0.643. The molecule has 0 spiro atoms. The summed E-state index contributed by atoms with van der Waals surface area (Å²) >= 11 is 0. The van der Waals surface area contributed by atoms with Crippen molar-refractivity contribution in [2.45, 2.75) is 23.9 Å². The molecule has 0 saturated carbocycles. The largest absolute Gasteiger partial charge is 0.494 e. The average Bonchev–Trinajstić information content (AvgIpc) is 3.16. The lowest BCUT2D eigenvalue weighted by Crippen LogP contribution is -2.48. The van der Waals surface area contributed by atoms with Crippen LogP contribution in [0.25, 0.3) is 11.4 Å². The molecular weight excluding hydrogens is 435 g/mol. The van der Waals surface area contributed by atoms with E-state index < -0.39 is 21.8 Å². The van der Waals surface area contributed by atoms with E-state index in [1.54, 1.807) is 12.1 Å². The van der Waals surface area contributed by atoms with Gasteiger partial charge < -0.3 is 9.26 Å². The Labute approximate surface area is 176 Å². The van der Waals surface area contributed by atoms with E-state index in [2.05, 4.69) is 10.1 Å². The molecule has 0 atom stereocenters. The maximum atomic E-state index is 12.9. The first-order chi connectivity index (χ1) is 14.7. The van der Waals surface area contributed by atoms with E-state index in [4.69, 9.17) is 9.26 Å². The van der Waals surface area contributed by atoms with Gasteiger partial charge in [-0.25, -0.2) is 8.42 Å². The molecule has 0 bridgehead atoms. The van der Waals surface area contributed by atoms with E-state index in [9.17, 15) is 21.6 Å². The van der Waals surface area contributed by atoms with Crippen LogP contribution in [0.1, 0.15) is 24.3 Å². The molecule has 1 saturated heterocycles. The monoisotopic (exact) mass is 453 g/mol. The minimum Gasteiger partial charge on any atom is -0.494 e. The molecule has 2 heterocycles. The summed E-state index contributed by atoms with van der Waals surface area (Å²) in [6.45, 7) is 2.59. The van der Waals surface area contributed by atoms with E-state index in [0.717, 1.165) is 12.1 Å². The number of aromatic nitrogens is 2. The third kappa shape index (κ3) is 4.28. The first kappa shape index (κ1) is 21.3. The first-order valence-electron chi connectivity index (χ1n) is 9.42. The molecule has 31 heavy (non-hydrogen) atoms. The standard InChI is InChI=1S/C20H18F3N3O4S/c1-2-29-16-6-8-17(9-7-16)31(27,28)26-11-14(12-26)19-24-18(25-30-19)13-4-3-5-15(10-13)20(21,22)23/h3-10,14H,2,11-12H2,1H3. The smallest absolute Gasteiger partial charge is 0.416 e. The van der Waals surface area contributed by atoms with Crippen molar-refractivity contribution in [3.63, 3.8) is 0 Å². The predicted octanol–water partition coefficient (Wildman–Crippen LogP) is 3.94. The van der Waals surface area contributed by atoms with Crippen molar-refractivity contribution < 1.29 is 30.8 Å². The maximum absolute atomic E-state index is 12.9. The lowest BCUT2D eigenvalue weighted by atomic mass is 10.0. The van der Waals surface area contributed by atoms with Gasteiger partial charge in [-0.2, -0.15) is 22.5 Å². The predicted molar refractivity (Wildman–Crippen MR) is 104 cm³/mol. The molecule has 0 N–H and O–H groups in total. The highest BCUT2D eigenvalue weighted by Crippen LogP contribution is 2.34. The van der Waals surface area contributed by atoms with Gasteiger partial charge in [0.2, 0.25) is 21.7 Å². The summed E-state index contributed by atoms with van der Waals surface area (Å²) in [6, 6.07) is 10.8.